The van der Waals surface area contributed by atoms with Crippen LogP contribution in [0, 0.1) is 33.7 Å². The van der Waals surface area contributed by atoms with E-state index in [1.54, 1.807) is 38.1 Å². The van der Waals surface area contributed by atoms with E-state index in [0.717, 1.165) is 63.7 Å². The van der Waals surface area contributed by atoms with Crippen LogP contribution in [0.2, 0.25) is 0 Å². The Hall–Kier alpha value is -2.81. The molecule has 2 N–H and O–H groups in total. The van der Waals surface area contributed by atoms with Crippen LogP contribution in [-0.2, 0) is 24.9 Å². The van der Waals surface area contributed by atoms with E-state index < -0.39 is 32.9 Å². The van der Waals surface area contributed by atoms with E-state index in [1.807, 2.05) is 6.92 Å². The molecule has 9 heteroatoms. The summed E-state index contributed by atoms with van der Waals surface area (Å²) in [5.41, 5.74) is 0.935. The zero-order valence-corrected chi connectivity index (χ0v) is 28.7. The van der Waals surface area contributed by atoms with Crippen LogP contribution < -0.4 is 9.46 Å². The monoisotopic (exact) mass is 644 g/mol. The molecule has 2 fully saturated rings. The van der Waals surface area contributed by atoms with Crippen molar-refractivity contribution in [3.05, 3.63) is 53.1 Å². The van der Waals surface area contributed by atoms with Crippen molar-refractivity contribution in [3.8, 4) is 16.9 Å². The van der Waals surface area contributed by atoms with E-state index in [2.05, 4.69) is 25.5 Å². The maximum Gasteiger partial charge on any atom is 0.242 e. The van der Waals surface area contributed by atoms with Crippen molar-refractivity contribution in [2.24, 2.45) is 17.3 Å². The molecule has 0 saturated heterocycles. The molecule has 2 saturated carbocycles. The van der Waals surface area contributed by atoms with Crippen molar-refractivity contribution in [3.63, 3.8) is 0 Å². The average Bonchev–Trinajstić information content (AvgIpc) is 3.36. The van der Waals surface area contributed by atoms with Crippen LogP contribution in [0.1, 0.15) is 116 Å². The summed E-state index contributed by atoms with van der Waals surface area (Å²) < 4.78 is 58.6. The Labute approximate surface area is 268 Å². The lowest BCUT2D eigenvalue weighted by molar-refractivity contribution is -0.124. The van der Waals surface area contributed by atoms with Crippen molar-refractivity contribution >= 4 is 21.6 Å². The molecule has 4 rings (SSSR count). The molecule has 2 aromatic carbocycles. The lowest BCUT2D eigenvalue weighted by Crippen LogP contribution is -2.42. The van der Waals surface area contributed by atoms with E-state index in [9.17, 15) is 18.2 Å². The van der Waals surface area contributed by atoms with Gasteiger partial charge in [-0.3, -0.25) is 14.3 Å². The highest BCUT2D eigenvalue weighted by Crippen LogP contribution is 2.47. The Morgan fingerprint density at radius 3 is 2.36 bits per heavy atom. The first-order valence-corrected chi connectivity index (χ1v) is 18.3. The fraction of sp³-hybridized carbons (Fsp3) is 0.611. The average molecular weight is 645 g/mol. The summed E-state index contributed by atoms with van der Waals surface area (Å²) in [6.45, 7) is 11.9. The van der Waals surface area contributed by atoms with E-state index in [1.165, 1.54) is 0 Å². The van der Waals surface area contributed by atoms with Gasteiger partial charge in [0.1, 0.15) is 21.4 Å². The number of ether oxygens (including phenoxy) is 1. The van der Waals surface area contributed by atoms with E-state index in [-0.39, 0.29) is 29.3 Å². The van der Waals surface area contributed by atoms with Crippen LogP contribution in [0.15, 0.2) is 30.3 Å². The highest BCUT2D eigenvalue weighted by Gasteiger charge is 2.35. The minimum absolute atomic E-state index is 0.00838. The molecule has 248 valence electrons. The van der Waals surface area contributed by atoms with Crippen LogP contribution in [0.3, 0.4) is 0 Å². The third-order valence-electron chi connectivity index (χ3n) is 10.1. The number of carbonyl (C=O) groups excluding carboxylic acids is 2. The minimum atomic E-state index is -3.29. The summed E-state index contributed by atoms with van der Waals surface area (Å²) in [5.74, 6) is -1.40. The van der Waals surface area contributed by atoms with Gasteiger partial charge in [0.25, 0.3) is 0 Å². The van der Waals surface area contributed by atoms with Crippen molar-refractivity contribution in [2.75, 3.05) is 6.26 Å². The van der Waals surface area contributed by atoms with Gasteiger partial charge in [-0.05, 0) is 98.9 Å². The lowest BCUT2D eigenvalue weighted by atomic mass is 9.76. The molecule has 0 radical (unpaired) electrons. The summed E-state index contributed by atoms with van der Waals surface area (Å²) in [7, 11) is -3.29. The van der Waals surface area contributed by atoms with Gasteiger partial charge in [-0.25, -0.2) is 17.8 Å². The predicted octanol–water partition coefficient (Wildman–Crippen LogP) is 8.85. The second-order valence-electron chi connectivity index (χ2n) is 14.8. The fourth-order valence-electron chi connectivity index (χ4n) is 6.64. The number of carbonyl (C=O) groups is 2. The molecule has 1 amide bonds. The fourth-order valence-corrected chi connectivity index (χ4v) is 7.25. The Balaban J connectivity index is 1.64. The topological polar surface area (TPSA) is 96.3 Å². The molecule has 6 nitrogen and oxygen atoms in total. The quantitative estimate of drug-likeness (QED) is 0.228. The van der Waals surface area contributed by atoms with Gasteiger partial charge >= 0.3 is 0 Å². The molecule has 1 unspecified atom stereocenters. The normalized spacial score (nSPS) is 21.1. The second kappa shape index (κ2) is 13.5. The van der Waals surface area contributed by atoms with Crippen molar-refractivity contribution in [2.45, 2.75) is 117 Å². The number of hydrogen-bond donors (Lipinski definition) is 2. The van der Waals surface area contributed by atoms with Gasteiger partial charge in [-0.15, -0.1) is 0 Å². The first-order chi connectivity index (χ1) is 20.9. The molecule has 2 aliphatic carbocycles. The molecular formula is C36H50F2N2O4S. The number of rotatable bonds is 13. The standard InChI is InChI=1S/C36H50F2N2O4S/c1-8-35(3,4)21-22(2)30(41)19-23-12-14-26(18-23)44-31-17-13-25(36(5,6)34(42)40-45(7,39)43)20-28(31)27-15-16-29(37)33(38)32(27)24-10-9-11-24/h13,15-17,20,22-24,26H,8-12,14,18-19,21H2,1-7H3,(H2,39,40,42,43)/t22-,23+,26+,45?/m0/s1. The van der Waals surface area contributed by atoms with Crippen molar-refractivity contribution in [1.82, 2.24) is 4.72 Å². The highest BCUT2D eigenvalue weighted by molar-refractivity contribution is 7.90. The highest BCUT2D eigenvalue weighted by atomic mass is 32.2. The van der Waals surface area contributed by atoms with Gasteiger partial charge in [-0.1, -0.05) is 52.7 Å². The molecule has 0 heterocycles. The predicted molar refractivity (Wildman–Crippen MR) is 176 cm³/mol. The number of halogens is 2. The van der Waals surface area contributed by atoms with Gasteiger partial charge in [0.05, 0.1) is 11.5 Å². The molecule has 0 aliphatic heterocycles. The lowest BCUT2D eigenvalue weighted by Gasteiger charge is -2.30. The van der Waals surface area contributed by atoms with Gasteiger partial charge in [0, 0.05) is 29.7 Å². The largest absolute Gasteiger partial charge is 0.490 e. The molecule has 0 spiro atoms. The molecule has 2 aromatic rings. The van der Waals surface area contributed by atoms with E-state index >= 15 is 4.39 Å². The van der Waals surface area contributed by atoms with Crippen molar-refractivity contribution < 1.29 is 27.3 Å². The molecule has 0 aromatic heterocycles. The van der Waals surface area contributed by atoms with Gasteiger partial charge < -0.3 is 4.74 Å². The van der Waals surface area contributed by atoms with Gasteiger partial charge in [-0.2, -0.15) is 0 Å². The zero-order chi connectivity index (χ0) is 33.3. The summed E-state index contributed by atoms with van der Waals surface area (Å²) in [5, 5.41) is 0. The SMILES string of the molecule is CCC(C)(C)C[C@H](C)C(=O)C[C@@H]1CC[C@@H](Oc2ccc(C(C)(C)C(=O)NS(C)(=N)=O)cc2-c2ccc(F)c(F)c2C2CCC2)C1. The number of Topliss-reactive ketones (excluding diaryl/α,β-unsaturated/α-hetero) is 1. The Morgan fingerprint density at radius 1 is 1.07 bits per heavy atom. The van der Waals surface area contributed by atoms with Crippen LogP contribution in [-0.4, -0.2) is 28.3 Å². The first-order valence-electron chi connectivity index (χ1n) is 16.3. The first kappa shape index (κ1) is 35.1. The summed E-state index contributed by atoms with van der Waals surface area (Å²) in [6, 6.07) is 8.02. The zero-order valence-electron chi connectivity index (χ0n) is 27.9. The summed E-state index contributed by atoms with van der Waals surface area (Å²) >= 11 is 0. The Morgan fingerprint density at radius 2 is 1.76 bits per heavy atom. The minimum Gasteiger partial charge on any atom is -0.490 e. The van der Waals surface area contributed by atoms with E-state index in [4.69, 9.17) is 9.52 Å². The van der Waals surface area contributed by atoms with E-state index in [0.29, 0.717) is 40.2 Å². The summed E-state index contributed by atoms with van der Waals surface area (Å²) in [6.07, 6.45) is 8.28. The maximum atomic E-state index is 15.4. The number of benzene rings is 2. The summed E-state index contributed by atoms with van der Waals surface area (Å²) in [4.78, 5) is 26.2. The molecule has 4 atom stereocenters. The van der Waals surface area contributed by atoms with Gasteiger partial charge in [0.2, 0.25) is 5.91 Å². The molecular weight excluding hydrogens is 594 g/mol. The molecule has 45 heavy (non-hydrogen) atoms. The smallest absolute Gasteiger partial charge is 0.242 e. The Bertz CT molecular complexity index is 1530. The molecule has 2 aliphatic rings. The van der Waals surface area contributed by atoms with Crippen LogP contribution >= 0.6 is 0 Å². The number of nitrogens with one attached hydrogen (secondary N) is 2. The van der Waals surface area contributed by atoms with Gasteiger partial charge in [0.15, 0.2) is 11.6 Å². The van der Waals surface area contributed by atoms with Crippen LogP contribution in [0.5, 0.6) is 5.75 Å². The second-order valence-corrected chi connectivity index (χ2v) is 16.7. The molecule has 0 bridgehead atoms. The Kier molecular flexibility index (Phi) is 10.5. The number of hydrogen-bond acceptors (Lipinski definition) is 5. The maximum absolute atomic E-state index is 15.4. The number of amides is 1. The van der Waals surface area contributed by atoms with Crippen molar-refractivity contribution in [1.29, 1.82) is 4.78 Å². The van der Waals surface area contributed by atoms with Crippen LogP contribution in [0.25, 0.3) is 11.1 Å². The third kappa shape index (κ3) is 8.32. The third-order valence-corrected chi connectivity index (χ3v) is 10.7. The van der Waals surface area contributed by atoms with Crippen LogP contribution in [0.4, 0.5) is 8.78 Å². The number of ketones is 1.